The van der Waals surface area contributed by atoms with Gasteiger partial charge in [-0.05, 0) is 54.7 Å². The van der Waals surface area contributed by atoms with Gasteiger partial charge in [-0.15, -0.1) is 11.3 Å². The number of rotatable bonds is 3. The van der Waals surface area contributed by atoms with E-state index in [2.05, 4.69) is 16.2 Å². The molecule has 144 valence electrons. The smallest absolute Gasteiger partial charge is 0.269 e. The summed E-state index contributed by atoms with van der Waals surface area (Å²) in [7, 11) is 1.56. The molecule has 3 rings (SSSR count). The Morgan fingerprint density at radius 1 is 1.04 bits per heavy atom. The minimum absolute atomic E-state index is 0.0709. The van der Waals surface area contributed by atoms with Crippen LogP contribution >= 0.6 is 46.8 Å². The van der Waals surface area contributed by atoms with E-state index in [1.54, 1.807) is 49.6 Å². The Labute approximate surface area is 179 Å². The second-order valence-corrected chi connectivity index (χ2v) is 7.75. The third kappa shape index (κ3) is 4.53. The molecule has 0 atom stereocenters. The Bertz CT molecular complexity index is 1070. The summed E-state index contributed by atoms with van der Waals surface area (Å²) in [4.78, 5) is 24.8. The van der Waals surface area contributed by atoms with E-state index in [0.717, 1.165) is 10.1 Å². The van der Waals surface area contributed by atoms with E-state index in [9.17, 15) is 9.59 Å². The van der Waals surface area contributed by atoms with Crippen molar-refractivity contribution in [1.29, 1.82) is 0 Å². The number of halogens is 2. The van der Waals surface area contributed by atoms with Gasteiger partial charge in [-0.1, -0.05) is 23.2 Å². The maximum absolute atomic E-state index is 12.5. The Morgan fingerprint density at radius 3 is 2.43 bits per heavy atom. The van der Waals surface area contributed by atoms with Crippen LogP contribution in [0.25, 0.3) is 10.1 Å². The summed E-state index contributed by atoms with van der Waals surface area (Å²) >= 11 is 18.4. The third-order valence-corrected chi connectivity index (χ3v) is 5.78. The van der Waals surface area contributed by atoms with E-state index in [4.69, 9.17) is 40.2 Å². The number of fused-ring (bicyclic) bond motifs is 1. The molecule has 0 saturated carbocycles. The van der Waals surface area contributed by atoms with E-state index >= 15 is 0 Å². The highest BCUT2D eigenvalue weighted by Crippen LogP contribution is 2.37. The summed E-state index contributed by atoms with van der Waals surface area (Å²) in [5.41, 5.74) is 5.26. The highest BCUT2D eigenvalue weighted by atomic mass is 35.5. The van der Waals surface area contributed by atoms with Crippen molar-refractivity contribution in [3.05, 3.63) is 63.0 Å². The minimum atomic E-state index is -0.483. The number of carbonyl (C=O) groups is 2. The van der Waals surface area contributed by atoms with Crippen molar-refractivity contribution in [2.24, 2.45) is 0 Å². The van der Waals surface area contributed by atoms with Crippen molar-refractivity contribution >= 4 is 73.8 Å². The van der Waals surface area contributed by atoms with Gasteiger partial charge in [-0.25, -0.2) is 0 Å². The number of ether oxygens (including phenoxy) is 1. The van der Waals surface area contributed by atoms with Crippen LogP contribution in [0.3, 0.4) is 0 Å². The predicted molar refractivity (Wildman–Crippen MR) is 116 cm³/mol. The lowest BCUT2D eigenvalue weighted by Crippen LogP contribution is -2.48. The number of methoxy groups -OCH3 is 1. The van der Waals surface area contributed by atoms with Crippen LogP contribution in [-0.2, 0) is 0 Å². The van der Waals surface area contributed by atoms with E-state index in [1.807, 2.05) is 0 Å². The first kappa shape index (κ1) is 20.3. The van der Waals surface area contributed by atoms with Gasteiger partial charge in [-0.2, -0.15) is 0 Å². The normalized spacial score (nSPS) is 10.4. The van der Waals surface area contributed by atoms with Gasteiger partial charge in [0.05, 0.1) is 12.1 Å². The van der Waals surface area contributed by atoms with Gasteiger partial charge in [0.15, 0.2) is 5.11 Å². The zero-order valence-electron chi connectivity index (χ0n) is 14.3. The lowest BCUT2D eigenvalue weighted by molar-refractivity contribution is 0.0935. The molecule has 0 aliphatic rings. The molecule has 0 aliphatic carbocycles. The van der Waals surface area contributed by atoms with Crippen LogP contribution in [0.15, 0.2) is 42.5 Å². The topological polar surface area (TPSA) is 79.5 Å². The fourth-order valence-electron chi connectivity index (χ4n) is 2.30. The third-order valence-electron chi connectivity index (χ3n) is 3.67. The van der Waals surface area contributed by atoms with Crippen LogP contribution in [0, 0.1) is 0 Å². The molecule has 0 radical (unpaired) electrons. The highest BCUT2D eigenvalue weighted by Gasteiger charge is 2.18. The number of hydrogen-bond donors (Lipinski definition) is 3. The fourth-order valence-corrected chi connectivity index (χ4v) is 4.01. The number of benzene rings is 2. The molecule has 1 heterocycles. The number of carbonyl (C=O) groups excluding carboxylic acids is 2. The molecular formula is C18H13Cl2N3O3S2. The molecule has 1 aromatic heterocycles. The monoisotopic (exact) mass is 453 g/mol. The molecule has 28 heavy (non-hydrogen) atoms. The van der Waals surface area contributed by atoms with Crippen molar-refractivity contribution in [2.45, 2.75) is 0 Å². The summed E-state index contributed by atoms with van der Waals surface area (Å²) < 4.78 is 5.99. The Morgan fingerprint density at radius 2 is 1.75 bits per heavy atom. The van der Waals surface area contributed by atoms with Crippen molar-refractivity contribution < 1.29 is 14.3 Å². The molecule has 3 N–H and O–H groups in total. The standard InChI is InChI=1S/C18H13Cl2N3O3S2/c1-26-11-6-7-12-13(8-11)28-15(14(12)20)17(25)21-18(27)23-22-16(24)9-2-4-10(19)5-3-9/h2-8H,1H3,(H,22,24)(H2,21,23,25,27). The zero-order chi connectivity index (χ0) is 20.3. The van der Waals surface area contributed by atoms with E-state index in [0.29, 0.717) is 26.2 Å². The summed E-state index contributed by atoms with van der Waals surface area (Å²) in [5.74, 6) is -0.247. The average Bonchev–Trinajstić information content (AvgIpc) is 3.02. The van der Waals surface area contributed by atoms with Gasteiger partial charge in [0.1, 0.15) is 10.6 Å². The van der Waals surface area contributed by atoms with Crippen LogP contribution in [-0.4, -0.2) is 24.0 Å². The van der Waals surface area contributed by atoms with Crippen LogP contribution in [0.4, 0.5) is 0 Å². The first-order chi connectivity index (χ1) is 13.4. The predicted octanol–water partition coefficient (Wildman–Crippen LogP) is 4.17. The molecule has 0 saturated heterocycles. The second-order valence-electron chi connectivity index (χ2n) is 5.48. The zero-order valence-corrected chi connectivity index (χ0v) is 17.5. The molecule has 6 nitrogen and oxygen atoms in total. The van der Waals surface area contributed by atoms with Crippen molar-refractivity contribution in [2.75, 3.05) is 7.11 Å². The van der Waals surface area contributed by atoms with Crippen molar-refractivity contribution in [3.63, 3.8) is 0 Å². The Kier molecular flexibility index (Phi) is 6.35. The Hall–Kier alpha value is -2.39. The van der Waals surface area contributed by atoms with E-state index in [-0.39, 0.29) is 5.11 Å². The molecule has 10 heteroatoms. The summed E-state index contributed by atoms with van der Waals surface area (Å²) in [6.45, 7) is 0. The lowest BCUT2D eigenvalue weighted by Gasteiger charge is -2.10. The molecule has 0 fully saturated rings. The maximum atomic E-state index is 12.5. The molecule has 0 bridgehead atoms. The Balaban J connectivity index is 1.63. The molecule has 2 amide bonds. The van der Waals surface area contributed by atoms with E-state index in [1.165, 1.54) is 11.3 Å². The number of hydrazine groups is 1. The lowest BCUT2D eigenvalue weighted by atomic mass is 10.2. The maximum Gasteiger partial charge on any atom is 0.269 e. The SMILES string of the molecule is COc1ccc2c(Cl)c(C(=O)NC(=S)NNC(=O)c3ccc(Cl)cc3)sc2c1. The van der Waals surface area contributed by atoms with Gasteiger partial charge < -0.3 is 4.74 Å². The largest absolute Gasteiger partial charge is 0.497 e. The number of hydrogen-bond acceptors (Lipinski definition) is 5. The number of thiophene rings is 1. The quantitative estimate of drug-likeness (QED) is 0.409. The van der Waals surface area contributed by atoms with Gasteiger partial charge >= 0.3 is 0 Å². The summed E-state index contributed by atoms with van der Waals surface area (Å²) in [6, 6.07) is 11.7. The van der Waals surface area contributed by atoms with Crippen LogP contribution in [0.5, 0.6) is 5.75 Å². The molecule has 0 aliphatic heterocycles. The molecule has 0 unspecified atom stereocenters. The average molecular weight is 454 g/mol. The number of thiocarbonyl (C=S) groups is 1. The molecule has 2 aromatic carbocycles. The number of nitrogens with one attached hydrogen (secondary N) is 3. The van der Waals surface area contributed by atoms with Crippen LogP contribution in [0.2, 0.25) is 10.0 Å². The number of amides is 2. The van der Waals surface area contributed by atoms with Gasteiger partial charge in [0.2, 0.25) is 0 Å². The van der Waals surface area contributed by atoms with Crippen molar-refractivity contribution in [3.8, 4) is 5.75 Å². The second kappa shape index (κ2) is 8.74. The van der Waals surface area contributed by atoms with Crippen molar-refractivity contribution in [1.82, 2.24) is 16.2 Å². The van der Waals surface area contributed by atoms with Gasteiger partial charge in [0.25, 0.3) is 11.8 Å². The fraction of sp³-hybridized carbons (Fsp3) is 0.0556. The van der Waals surface area contributed by atoms with Crippen LogP contribution < -0.4 is 20.9 Å². The van der Waals surface area contributed by atoms with Crippen LogP contribution in [0.1, 0.15) is 20.0 Å². The van der Waals surface area contributed by atoms with E-state index < -0.39 is 11.8 Å². The van der Waals surface area contributed by atoms with Gasteiger partial charge in [-0.3, -0.25) is 25.8 Å². The first-order valence-corrected chi connectivity index (χ1v) is 9.80. The highest BCUT2D eigenvalue weighted by molar-refractivity contribution is 7.80. The van der Waals surface area contributed by atoms with Gasteiger partial charge in [0, 0.05) is 20.7 Å². The minimum Gasteiger partial charge on any atom is -0.497 e. The molecule has 0 spiro atoms. The summed E-state index contributed by atoms with van der Waals surface area (Å²) in [6.07, 6.45) is 0. The summed E-state index contributed by atoms with van der Waals surface area (Å²) in [5, 5.41) is 4.00. The first-order valence-electron chi connectivity index (χ1n) is 7.82. The molecular weight excluding hydrogens is 441 g/mol. The molecule has 3 aromatic rings.